The molecule has 0 saturated carbocycles. The molecule has 1 aromatic carbocycles. The van der Waals surface area contributed by atoms with Gasteiger partial charge in [-0.05, 0) is 59.1 Å². The molecule has 1 fully saturated rings. The summed E-state index contributed by atoms with van der Waals surface area (Å²) in [5, 5.41) is 8.47. The molecule has 1 saturated heterocycles. The van der Waals surface area contributed by atoms with Gasteiger partial charge >= 0.3 is 0 Å². The molecule has 28 heavy (non-hydrogen) atoms. The van der Waals surface area contributed by atoms with E-state index in [2.05, 4.69) is 48.2 Å². The van der Waals surface area contributed by atoms with Crippen molar-refractivity contribution in [3.63, 3.8) is 0 Å². The summed E-state index contributed by atoms with van der Waals surface area (Å²) < 4.78 is 27.7. The number of aromatic nitrogens is 4. The summed E-state index contributed by atoms with van der Waals surface area (Å²) in [6.07, 6.45) is 2.73. The van der Waals surface area contributed by atoms with Gasteiger partial charge in [0.25, 0.3) is 0 Å². The molecule has 1 atom stereocenters. The lowest BCUT2D eigenvalue weighted by Crippen LogP contribution is -2.38. The molecular formula is C19H29N5O2S2. The van der Waals surface area contributed by atoms with Crippen molar-refractivity contribution >= 4 is 22.1 Å². The van der Waals surface area contributed by atoms with Gasteiger partial charge in [0.2, 0.25) is 4.77 Å². The minimum absolute atomic E-state index is 0.0222. The summed E-state index contributed by atoms with van der Waals surface area (Å²) in [7, 11) is -2.94. The van der Waals surface area contributed by atoms with Crippen molar-refractivity contribution in [2.45, 2.75) is 58.7 Å². The average Bonchev–Trinajstić information content (AvgIpc) is 3.21. The first kappa shape index (κ1) is 21.1. The molecule has 0 bridgehead atoms. The van der Waals surface area contributed by atoms with Crippen molar-refractivity contribution in [1.29, 1.82) is 0 Å². The zero-order valence-corrected chi connectivity index (χ0v) is 18.4. The highest BCUT2D eigenvalue weighted by Gasteiger charge is 2.32. The number of sulfone groups is 1. The maximum absolute atomic E-state index is 11.9. The number of hydrogen-bond donors (Lipinski definition) is 0. The van der Waals surface area contributed by atoms with Crippen LogP contribution in [0.1, 0.15) is 51.5 Å². The molecular weight excluding hydrogens is 394 g/mol. The van der Waals surface area contributed by atoms with Crippen LogP contribution in [-0.2, 0) is 16.5 Å². The van der Waals surface area contributed by atoms with E-state index in [1.54, 1.807) is 9.36 Å². The van der Waals surface area contributed by atoms with Gasteiger partial charge in [-0.25, -0.2) is 13.1 Å². The highest BCUT2D eigenvalue weighted by atomic mass is 32.2. The summed E-state index contributed by atoms with van der Waals surface area (Å²) in [6.45, 7) is 7.74. The zero-order chi connectivity index (χ0) is 20.3. The van der Waals surface area contributed by atoms with Crippen LogP contribution in [0.15, 0.2) is 24.3 Å². The van der Waals surface area contributed by atoms with E-state index in [1.165, 1.54) is 5.56 Å². The van der Waals surface area contributed by atoms with Crippen LogP contribution in [0.25, 0.3) is 5.69 Å². The van der Waals surface area contributed by atoms with E-state index in [-0.39, 0.29) is 17.5 Å². The Morgan fingerprint density at radius 3 is 2.54 bits per heavy atom. The second kappa shape index (κ2) is 8.84. The topological polar surface area (TPSA) is 73.0 Å². The third-order valence-corrected chi connectivity index (χ3v) is 7.42. The Kier molecular flexibility index (Phi) is 6.67. The van der Waals surface area contributed by atoms with Gasteiger partial charge in [0.05, 0.1) is 23.9 Å². The van der Waals surface area contributed by atoms with Crippen molar-refractivity contribution < 1.29 is 8.42 Å². The van der Waals surface area contributed by atoms with E-state index >= 15 is 0 Å². The van der Waals surface area contributed by atoms with Crippen molar-refractivity contribution in [2.24, 2.45) is 0 Å². The van der Waals surface area contributed by atoms with Crippen molar-refractivity contribution in [3.05, 3.63) is 34.6 Å². The SMILES string of the molecule is CCCCN(Cn1nnn(-c2ccc(C(C)C)cc2)c1=S)C1CCS(=O)(=O)C1. The first-order valence-corrected chi connectivity index (χ1v) is 12.1. The van der Waals surface area contributed by atoms with Crippen molar-refractivity contribution in [1.82, 2.24) is 24.7 Å². The van der Waals surface area contributed by atoms with Crippen LogP contribution >= 0.6 is 12.2 Å². The van der Waals surface area contributed by atoms with E-state index in [4.69, 9.17) is 12.2 Å². The number of unbranched alkanes of at least 4 members (excludes halogenated alkanes) is 1. The van der Waals surface area contributed by atoms with Crippen LogP contribution in [0, 0.1) is 4.77 Å². The normalized spacial score (nSPS) is 19.0. The van der Waals surface area contributed by atoms with Crippen molar-refractivity contribution in [3.8, 4) is 5.69 Å². The molecule has 0 radical (unpaired) electrons. The van der Waals surface area contributed by atoms with Gasteiger partial charge in [-0.2, -0.15) is 4.68 Å². The largest absolute Gasteiger partial charge is 0.280 e. The second-order valence-electron chi connectivity index (χ2n) is 7.78. The Morgan fingerprint density at radius 1 is 1.25 bits per heavy atom. The molecule has 0 aliphatic carbocycles. The van der Waals surface area contributed by atoms with E-state index in [9.17, 15) is 8.42 Å². The lowest BCUT2D eigenvalue weighted by molar-refractivity contribution is 0.151. The maximum Gasteiger partial charge on any atom is 0.221 e. The van der Waals surface area contributed by atoms with Gasteiger partial charge in [-0.1, -0.05) is 39.3 Å². The summed E-state index contributed by atoms with van der Waals surface area (Å²) >= 11 is 5.60. The predicted molar refractivity (Wildman–Crippen MR) is 113 cm³/mol. The van der Waals surface area contributed by atoms with Gasteiger partial charge in [0.1, 0.15) is 0 Å². The monoisotopic (exact) mass is 423 g/mol. The van der Waals surface area contributed by atoms with E-state index in [1.807, 2.05) is 12.1 Å². The Hall–Kier alpha value is -1.58. The summed E-state index contributed by atoms with van der Waals surface area (Å²) in [5.74, 6) is 0.947. The second-order valence-corrected chi connectivity index (χ2v) is 10.4. The average molecular weight is 424 g/mol. The van der Waals surface area contributed by atoms with Gasteiger partial charge in [0.15, 0.2) is 9.84 Å². The van der Waals surface area contributed by atoms with E-state index in [0.29, 0.717) is 23.8 Å². The number of rotatable bonds is 8. The fourth-order valence-electron chi connectivity index (χ4n) is 3.49. The van der Waals surface area contributed by atoms with E-state index < -0.39 is 9.84 Å². The van der Waals surface area contributed by atoms with Crippen LogP contribution in [0.2, 0.25) is 0 Å². The third-order valence-electron chi connectivity index (χ3n) is 5.28. The van der Waals surface area contributed by atoms with Crippen LogP contribution in [-0.4, -0.2) is 57.2 Å². The standard InChI is InChI=1S/C19H29N5O2S2/c1-4-5-11-22(18-10-12-28(25,26)13-18)14-23-19(27)24(21-20-23)17-8-6-16(7-9-17)15(2)3/h6-9,15,18H,4-5,10-14H2,1-3H3. The molecule has 1 aromatic heterocycles. The molecule has 3 rings (SSSR count). The highest BCUT2D eigenvalue weighted by Crippen LogP contribution is 2.20. The van der Waals surface area contributed by atoms with Gasteiger partial charge in [0, 0.05) is 12.6 Å². The minimum atomic E-state index is -2.94. The van der Waals surface area contributed by atoms with E-state index in [0.717, 1.165) is 25.1 Å². The first-order chi connectivity index (χ1) is 13.3. The Labute approximate surface area is 172 Å². The summed E-state index contributed by atoms with van der Waals surface area (Å²) in [5.41, 5.74) is 2.14. The molecule has 0 spiro atoms. The number of tetrazole rings is 1. The Balaban J connectivity index is 1.80. The molecule has 2 aromatic rings. The molecule has 1 aliphatic rings. The first-order valence-electron chi connectivity index (χ1n) is 9.88. The lowest BCUT2D eigenvalue weighted by Gasteiger charge is -2.27. The third kappa shape index (κ3) is 4.87. The van der Waals surface area contributed by atoms with Gasteiger partial charge in [-0.3, -0.25) is 4.90 Å². The molecule has 9 heteroatoms. The van der Waals surface area contributed by atoms with Crippen LogP contribution in [0.3, 0.4) is 0 Å². The molecule has 1 aliphatic heterocycles. The molecule has 7 nitrogen and oxygen atoms in total. The molecule has 2 heterocycles. The van der Waals surface area contributed by atoms with Gasteiger partial charge in [-0.15, -0.1) is 0 Å². The molecule has 154 valence electrons. The zero-order valence-electron chi connectivity index (χ0n) is 16.8. The smallest absolute Gasteiger partial charge is 0.221 e. The quantitative estimate of drug-likeness (QED) is 0.607. The Bertz CT molecular complexity index is 947. The Morgan fingerprint density at radius 2 is 1.96 bits per heavy atom. The fraction of sp³-hybridized carbons (Fsp3) is 0.632. The minimum Gasteiger partial charge on any atom is -0.280 e. The number of nitrogens with zero attached hydrogens (tertiary/aromatic N) is 5. The maximum atomic E-state index is 11.9. The summed E-state index contributed by atoms with van der Waals surface area (Å²) in [4.78, 5) is 2.19. The fourth-order valence-corrected chi connectivity index (χ4v) is 5.49. The van der Waals surface area contributed by atoms with Gasteiger partial charge < -0.3 is 0 Å². The lowest BCUT2D eigenvalue weighted by atomic mass is 10.0. The molecule has 0 amide bonds. The van der Waals surface area contributed by atoms with Crippen molar-refractivity contribution in [2.75, 3.05) is 18.1 Å². The predicted octanol–water partition coefficient (Wildman–Crippen LogP) is 3.17. The molecule has 1 unspecified atom stereocenters. The summed E-state index contributed by atoms with van der Waals surface area (Å²) in [6, 6.07) is 8.19. The molecule has 0 N–H and O–H groups in total. The van der Waals surface area contributed by atoms with Crippen LogP contribution < -0.4 is 0 Å². The highest BCUT2D eigenvalue weighted by molar-refractivity contribution is 7.91. The van der Waals surface area contributed by atoms with Crippen LogP contribution in [0.4, 0.5) is 0 Å². The number of benzene rings is 1. The number of hydrogen-bond acceptors (Lipinski definition) is 6. The van der Waals surface area contributed by atoms with Crippen LogP contribution in [0.5, 0.6) is 0 Å².